The van der Waals surface area contributed by atoms with Crippen LogP contribution in [0.2, 0.25) is 10.0 Å². The number of carbonyl (C=O) groups is 1. The number of ether oxygens (including phenoxy) is 2. The van der Waals surface area contributed by atoms with Crippen molar-refractivity contribution in [3.8, 4) is 11.5 Å². The number of hydrogen-bond acceptors (Lipinski definition) is 3. The Kier molecular flexibility index (Phi) is 3.61. The van der Waals surface area contributed by atoms with E-state index in [9.17, 15) is 9.18 Å². The lowest BCUT2D eigenvalue weighted by molar-refractivity contribution is 0.102. The van der Waals surface area contributed by atoms with Crippen LogP contribution in [0.15, 0.2) is 30.3 Å². The summed E-state index contributed by atoms with van der Waals surface area (Å²) in [5.74, 6) is -0.461. The molecule has 0 aliphatic carbocycles. The number of rotatable bonds is 2. The van der Waals surface area contributed by atoms with Crippen LogP contribution in [0.25, 0.3) is 0 Å². The third-order valence-corrected chi connectivity index (χ3v) is 3.46. The van der Waals surface area contributed by atoms with Crippen molar-refractivity contribution in [1.82, 2.24) is 0 Å². The van der Waals surface area contributed by atoms with Gasteiger partial charge in [0.15, 0.2) is 17.3 Å². The van der Waals surface area contributed by atoms with Crippen LogP contribution in [0.1, 0.15) is 10.4 Å². The average molecular weight is 328 g/mol. The van der Waals surface area contributed by atoms with E-state index in [2.05, 4.69) is 5.32 Å². The van der Waals surface area contributed by atoms with E-state index in [0.29, 0.717) is 11.5 Å². The fraction of sp³-hybridized carbons (Fsp3) is 0.0714. The van der Waals surface area contributed by atoms with Crippen molar-refractivity contribution >= 4 is 34.8 Å². The molecule has 4 nitrogen and oxygen atoms in total. The van der Waals surface area contributed by atoms with E-state index in [-0.39, 0.29) is 28.1 Å². The number of carbonyl (C=O) groups excluding carboxylic acids is 1. The number of nitrogens with one attached hydrogen (secondary N) is 1. The molecule has 2 aromatic rings. The Morgan fingerprint density at radius 1 is 1.19 bits per heavy atom. The highest BCUT2D eigenvalue weighted by Crippen LogP contribution is 2.40. The molecule has 108 valence electrons. The van der Waals surface area contributed by atoms with E-state index in [1.165, 1.54) is 30.3 Å². The van der Waals surface area contributed by atoms with Gasteiger partial charge in [0.1, 0.15) is 0 Å². The molecule has 0 radical (unpaired) electrons. The minimum absolute atomic E-state index is 0.0127. The largest absolute Gasteiger partial charge is 0.454 e. The van der Waals surface area contributed by atoms with Gasteiger partial charge in [-0.1, -0.05) is 29.3 Å². The third-order valence-electron chi connectivity index (χ3n) is 2.89. The van der Waals surface area contributed by atoms with Crippen molar-refractivity contribution in [2.24, 2.45) is 0 Å². The van der Waals surface area contributed by atoms with Gasteiger partial charge in [0.05, 0.1) is 15.7 Å². The van der Waals surface area contributed by atoms with Crippen molar-refractivity contribution in [3.63, 3.8) is 0 Å². The summed E-state index contributed by atoms with van der Waals surface area (Å²) in [4.78, 5) is 12.2. The zero-order valence-electron chi connectivity index (χ0n) is 10.5. The lowest BCUT2D eigenvalue weighted by atomic mass is 10.2. The number of anilines is 1. The van der Waals surface area contributed by atoms with Crippen molar-refractivity contribution in [2.45, 2.75) is 0 Å². The Bertz CT molecular complexity index is 736. The molecule has 2 aromatic carbocycles. The van der Waals surface area contributed by atoms with Crippen LogP contribution in [0.3, 0.4) is 0 Å². The van der Waals surface area contributed by atoms with Gasteiger partial charge in [-0.15, -0.1) is 0 Å². The maximum Gasteiger partial charge on any atom is 0.255 e. The first-order chi connectivity index (χ1) is 10.1. The molecule has 1 aliphatic heterocycles. The predicted molar refractivity (Wildman–Crippen MR) is 76.9 cm³/mol. The molecule has 1 heterocycles. The molecule has 0 fully saturated rings. The molecular weight excluding hydrogens is 320 g/mol. The van der Waals surface area contributed by atoms with Gasteiger partial charge in [-0.3, -0.25) is 4.79 Å². The van der Waals surface area contributed by atoms with E-state index < -0.39 is 11.7 Å². The van der Waals surface area contributed by atoms with Crippen molar-refractivity contribution in [3.05, 3.63) is 51.8 Å². The molecule has 0 saturated heterocycles. The molecule has 0 unspecified atom stereocenters. The molecular formula is C14H8Cl2FNO3. The zero-order chi connectivity index (χ0) is 15.0. The van der Waals surface area contributed by atoms with Gasteiger partial charge in [-0.2, -0.15) is 0 Å². The van der Waals surface area contributed by atoms with Gasteiger partial charge in [0.2, 0.25) is 6.79 Å². The topological polar surface area (TPSA) is 47.6 Å². The summed E-state index contributed by atoms with van der Waals surface area (Å²) in [6.07, 6.45) is 0. The standard InChI is InChI=1S/C14H8Cl2FNO3/c15-8-2-1-3-10(12(8)17)18-14(19)7-4-9(16)13-11(5-7)20-6-21-13/h1-5H,6H2,(H,18,19). The van der Waals surface area contributed by atoms with E-state index in [4.69, 9.17) is 32.7 Å². The molecule has 0 aromatic heterocycles. The van der Waals surface area contributed by atoms with Gasteiger partial charge in [0.25, 0.3) is 5.91 Å². The van der Waals surface area contributed by atoms with Crippen LogP contribution in [-0.2, 0) is 0 Å². The fourth-order valence-electron chi connectivity index (χ4n) is 1.89. The Morgan fingerprint density at radius 2 is 2.00 bits per heavy atom. The molecule has 0 saturated carbocycles. The molecule has 0 bridgehead atoms. The highest BCUT2D eigenvalue weighted by atomic mass is 35.5. The van der Waals surface area contributed by atoms with Gasteiger partial charge >= 0.3 is 0 Å². The number of fused-ring (bicyclic) bond motifs is 1. The molecule has 1 N–H and O–H groups in total. The second kappa shape index (κ2) is 5.42. The Labute approximate surface area is 129 Å². The summed E-state index contributed by atoms with van der Waals surface area (Å²) in [5, 5.41) is 2.61. The number of benzene rings is 2. The second-order valence-electron chi connectivity index (χ2n) is 4.25. The first kappa shape index (κ1) is 14.0. The SMILES string of the molecule is O=C(Nc1cccc(Cl)c1F)c1cc(Cl)c2c(c1)OCO2. The summed E-state index contributed by atoms with van der Waals surface area (Å²) in [5.41, 5.74) is 0.213. The molecule has 1 aliphatic rings. The summed E-state index contributed by atoms with van der Waals surface area (Å²) in [6.45, 7) is 0.0447. The van der Waals surface area contributed by atoms with Gasteiger partial charge < -0.3 is 14.8 Å². The lowest BCUT2D eigenvalue weighted by Gasteiger charge is -2.08. The van der Waals surface area contributed by atoms with Gasteiger partial charge in [0, 0.05) is 5.56 Å². The summed E-state index contributed by atoms with van der Waals surface area (Å²) < 4.78 is 24.1. The minimum Gasteiger partial charge on any atom is -0.454 e. The maximum atomic E-state index is 13.8. The highest BCUT2D eigenvalue weighted by Gasteiger charge is 2.21. The summed E-state index contributed by atoms with van der Waals surface area (Å²) in [7, 11) is 0. The lowest BCUT2D eigenvalue weighted by Crippen LogP contribution is -2.13. The normalized spacial score (nSPS) is 12.3. The van der Waals surface area contributed by atoms with E-state index in [1.807, 2.05) is 0 Å². The smallest absolute Gasteiger partial charge is 0.255 e. The first-order valence-electron chi connectivity index (χ1n) is 5.91. The number of amides is 1. The molecule has 7 heteroatoms. The van der Waals surface area contributed by atoms with Crippen LogP contribution < -0.4 is 14.8 Å². The van der Waals surface area contributed by atoms with Crippen LogP contribution in [0, 0.1) is 5.82 Å². The highest BCUT2D eigenvalue weighted by molar-refractivity contribution is 6.33. The van der Waals surface area contributed by atoms with Crippen LogP contribution in [0.4, 0.5) is 10.1 Å². The van der Waals surface area contributed by atoms with Crippen molar-refractivity contribution < 1.29 is 18.7 Å². The molecule has 3 rings (SSSR count). The number of hydrogen-bond donors (Lipinski definition) is 1. The Morgan fingerprint density at radius 3 is 2.81 bits per heavy atom. The summed E-state index contributed by atoms with van der Waals surface area (Å²) in [6, 6.07) is 7.24. The van der Waals surface area contributed by atoms with Crippen molar-refractivity contribution in [1.29, 1.82) is 0 Å². The predicted octanol–water partition coefficient (Wildman–Crippen LogP) is 4.11. The fourth-order valence-corrected chi connectivity index (χ4v) is 2.33. The number of halogens is 3. The van der Waals surface area contributed by atoms with E-state index in [1.54, 1.807) is 0 Å². The second-order valence-corrected chi connectivity index (χ2v) is 5.06. The monoisotopic (exact) mass is 327 g/mol. The zero-order valence-corrected chi connectivity index (χ0v) is 12.0. The van der Waals surface area contributed by atoms with Gasteiger partial charge in [-0.05, 0) is 24.3 Å². The van der Waals surface area contributed by atoms with Crippen LogP contribution >= 0.6 is 23.2 Å². The summed E-state index contributed by atoms with van der Waals surface area (Å²) >= 11 is 11.7. The third kappa shape index (κ3) is 2.62. The maximum absolute atomic E-state index is 13.8. The Balaban J connectivity index is 1.89. The Hall–Kier alpha value is -1.98. The molecule has 0 atom stereocenters. The average Bonchev–Trinajstić information content (AvgIpc) is 2.92. The van der Waals surface area contributed by atoms with E-state index >= 15 is 0 Å². The van der Waals surface area contributed by atoms with E-state index in [0.717, 1.165) is 0 Å². The van der Waals surface area contributed by atoms with Crippen molar-refractivity contribution in [2.75, 3.05) is 12.1 Å². The van der Waals surface area contributed by atoms with Crippen LogP contribution in [0.5, 0.6) is 11.5 Å². The molecule has 1 amide bonds. The van der Waals surface area contributed by atoms with Crippen LogP contribution in [-0.4, -0.2) is 12.7 Å². The first-order valence-corrected chi connectivity index (χ1v) is 6.66. The minimum atomic E-state index is -0.695. The van der Waals surface area contributed by atoms with Gasteiger partial charge in [-0.25, -0.2) is 4.39 Å². The molecule has 21 heavy (non-hydrogen) atoms. The quantitative estimate of drug-likeness (QED) is 0.902. The molecule has 0 spiro atoms.